The normalized spacial score (nSPS) is 23.3. The lowest BCUT2D eigenvalue weighted by atomic mass is 9.82. The van der Waals surface area contributed by atoms with Crippen LogP contribution in [-0.2, 0) is 6.42 Å². The van der Waals surface area contributed by atoms with E-state index in [0.717, 1.165) is 43.7 Å². The van der Waals surface area contributed by atoms with E-state index in [4.69, 9.17) is 11.5 Å². The maximum atomic E-state index is 6.05. The summed E-state index contributed by atoms with van der Waals surface area (Å²) in [6.07, 6.45) is 4.45. The molecule has 2 aromatic rings. The zero-order chi connectivity index (χ0) is 15.8. The molecule has 0 spiro atoms. The van der Waals surface area contributed by atoms with Gasteiger partial charge in [0, 0.05) is 30.6 Å². The van der Waals surface area contributed by atoms with E-state index >= 15 is 0 Å². The summed E-state index contributed by atoms with van der Waals surface area (Å²) >= 11 is 0. The van der Waals surface area contributed by atoms with Gasteiger partial charge in [0.25, 0.3) is 0 Å². The monoisotopic (exact) mass is 309 g/mol. The SMILES string of the molecule is NCC1CCN1c1nc(N)nc2c1CCCC2c1ccccc1. The second-order valence-corrected chi connectivity index (χ2v) is 6.50. The highest BCUT2D eigenvalue weighted by atomic mass is 15.3. The van der Waals surface area contributed by atoms with Crippen LogP contribution in [0.4, 0.5) is 11.8 Å². The molecular weight excluding hydrogens is 286 g/mol. The first-order valence-corrected chi connectivity index (χ1v) is 8.46. The zero-order valence-electron chi connectivity index (χ0n) is 13.3. The number of rotatable bonds is 3. The summed E-state index contributed by atoms with van der Waals surface area (Å²) in [6, 6.07) is 11.0. The highest BCUT2D eigenvalue weighted by molar-refractivity contribution is 5.57. The minimum absolute atomic E-state index is 0.321. The Hall–Kier alpha value is -2.14. The Kier molecular flexibility index (Phi) is 3.65. The molecule has 2 aliphatic rings. The van der Waals surface area contributed by atoms with Crippen molar-refractivity contribution in [1.82, 2.24) is 9.97 Å². The molecule has 1 aliphatic carbocycles. The van der Waals surface area contributed by atoms with Crippen LogP contribution in [0.3, 0.4) is 0 Å². The summed E-state index contributed by atoms with van der Waals surface area (Å²) in [4.78, 5) is 11.5. The Morgan fingerprint density at radius 3 is 2.65 bits per heavy atom. The number of hydrogen-bond donors (Lipinski definition) is 2. The minimum Gasteiger partial charge on any atom is -0.368 e. The van der Waals surface area contributed by atoms with Gasteiger partial charge < -0.3 is 16.4 Å². The zero-order valence-corrected chi connectivity index (χ0v) is 13.3. The van der Waals surface area contributed by atoms with Crippen LogP contribution in [0.5, 0.6) is 0 Å². The summed E-state index contributed by atoms with van der Waals surface area (Å²) in [6.45, 7) is 1.68. The third-order valence-corrected chi connectivity index (χ3v) is 5.17. The molecule has 120 valence electrons. The Morgan fingerprint density at radius 2 is 1.96 bits per heavy atom. The van der Waals surface area contributed by atoms with Crippen LogP contribution >= 0.6 is 0 Å². The molecule has 1 saturated heterocycles. The van der Waals surface area contributed by atoms with Gasteiger partial charge in [-0.15, -0.1) is 0 Å². The summed E-state index contributed by atoms with van der Waals surface area (Å²) in [5.41, 5.74) is 15.6. The third-order valence-electron chi connectivity index (χ3n) is 5.17. The molecule has 0 radical (unpaired) electrons. The first kappa shape index (κ1) is 14.5. The van der Waals surface area contributed by atoms with Gasteiger partial charge in [0.15, 0.2) is 0 Å². The molecule has 1 aliphatic heterocycles. The Labute approximate surface area is 136 Å². The van der Waals surface area contributed by atoms with Crippen molar-refractivity contribution in [1.29, 1.82) is 0 Å². The van der Waals surface area contributed by atoms with E-state index < -0.39 is 0 Å². The average Bonchev–Trinajstić information content (AvgIpc) is 2.54. The summed E-state index contributed by atoms with van der Waals surface area (Å²) in [7, 11) is 0. The van der Waals surface area contributed by atoms with Crippen LogP contribution in [0.25, 0.3) is 0 Å². The molecule has 1 aromatic heterocycles. The second kappa shape index (κ2) is 5.81. The molecule has 23 heavy (non-hydrogen) atoms. The smallest absolute Gasteiger partial charge is 0.222 e. The molecule has 0 amide bonds. The number of nitrogens with two attached hydrogens (primary N) is 2. The van der Waals surface area contributed by atoms with Crippen molar-refractivity contribution in [3.8, 4) is 0 Å². The second-order valence-electron chi connectivity index (χ2n) is 6.50. The Balaban J connectivity index is 1.79. The van der Waals surface area contributed by atoms with Crippen molar-refractivity contribution in [2.24, 2.45) is 5.73 Å². The standard InChI is InChI=1S/C18H23N5/c19-11-13-9-10-23(13)17-15-8-4-7-14(12-5-2-1-3-6-12)16(15)21-18(20)22-17/h1-3,5-6,13-14H,4,7-11,19H2,(H2,20,21,22). The van der Waals surface area contributed by atoms with Gasteiger partial charge in [0.05, 0.1) is 5.69 Å². The number of nitrogens with zero attached hydrogens (tertiary/aromatic N) is 3. The lowest BCUT2D eigenvalue weighted by Gasteiger charge is -2.43. The Bertz CT molecular complexity index is 698. The fraction of sp³-hybridized carbons (Fsp3) is 0.444. The first-order valence-electron chi connectivity index (χ1n) is 8.46. The van der Waals surface area contributed by atoms with Crippen LogP contribution in [0.2, 0.25) is 0 Å². The van der Waals surface area contributed by atoms with Gasteiger partial charge in [-0.05, 0) is 31.2 Å². The van der Waals surface area contributed by atoms with E-state index in [9.17, 15) is 0 Å². The number of hydrogen-bond acceptors (Lipinski definition) is 5. The average molecular weight is 309 g/mol. The molecule has 1 fully saturated rings. The number of aromatic nitrogens is 2. The van der Waals surface area contributed by atoms with Crippen molar-refractivity contribution >= 4 is 11.8 Å². The van der Waals surface area contributed by atoms with E-state index in [1.165, 1.54) is 11.1 Å². The predicted octanol–water partition coefficient (Wildman–Crippen LogP) is 2.06. The van der Waals surface area contributed by atoms with E-state index in [0.29, 0.717) is 24.5 Å². The molecule has 0 saturated carbocycles. The lowest BCUT2D eigenvalue weighted by molar-refractivity contribution is 0.447. The largest absolute Gasteiger partial charge is 0.368 e. The summed E-state index contributed by atoms with van der Waals surface area (Å²) < 4.78 is 0. The predicted molar refractivity (Wildman–Crippen MR) is 92.5 cm³/mol. The van der Waals surface area contributed by atoms with Gasteiger partial charge in [0.1, 0.15) is 5.82 Å². The van der Waals surface area contributed by atoms with E-state index in [-0.39, 0.29) is 0 Å². The molecule has 0 bridgehead atoms. The van der Waals surface area contributed by atoms with E-state index in [1.807, 2.05) is 0 Å². The summed E-state index contributed by atoms with van der Waals surface area (Å²) in [5.74, 6) is 1.72. The van der Waals surface area contributed by atoms with E-state index in [2.05, 4.69) is 45.2 Å². The molecule has 4 N–H and O–H groups in total. The van der Waals surface area contributed by atoms with Crippen molar-refractivity contribution in [3.63, 3.8) is 0 Å². The van der Waals surface area contributed by atoms with Crippen LogP contribution in [0.1, 0.15) is 42.0 Å². The van der Waals surface area contributed by atoms with Gasteiger partial charge in [-0.25, -0.2) is 4.98 Å². The maximum absolute atomic E-state index is 6.05. The number of nitrogen functional groups attached to an aromatic ring is 1. The molecule has 1 aromatic carbocycles. The third kappa shape index (κ3) is 2.45. The van der Waals surface area contributed by atoms with Gasteiger partial charge in [-0.1, -0.05) is 30.3 Å². The van der Waals surface area contributed by atoms with Gasteiger partial charge in [-0.3, -0.25) is 0 Å². The number of fused-ring (bicyclic) bond motifs is 1. The molecule has 2 atom stereocenters. The van der Waals surface area contributed by atoms with Crippen LogP contribution < -0.4 is 16.4 Å². The lowest BCUT2D eigenvalue weighted by Crippen LogP contribution is -2.53. The van der Waals surface area contributed by atoms with Crippen LogP contribution in [-0.4, -0.2) is 29.1 Å². The van der Waals surface area contributed by atoms with Crippen molar-refractivity contribution < 1.29 is 0 Å². The van der Waals surface area contributed by atoms with Crippen molar-refractivity contribution in [2.75, 3.05) is 23.7 Å². The molecule has 2 unspecified atom stereocenters. The highest BCUT2D eigenvalue weighted by Crippen LogP contribution is 2.40. The highest BCUT2D eigenvalue weighted by Gasteiger charge is 2.34. The Morgan fingerprint density at radius 1 is 1.13 bits per heavy atom. The molecule has 4 rings (SSSR count). The minimum atomic E-state index is 0.321. The van der Waals surface area contributed by atoms with Gasteiger partial charge in [0.2, 0.25) is 5.95 Å². The maximum Gasteiger partial charge on any atom is 0.222 e. The quantitative estimate of drug-likeness (QED) is 0.907. The fourth-order valence-electron chi connectivity index (χ4n) is 3.87. The van der Waals surface area contributed by atoms with Gasteiger partial charge >= 0.3 is 0 Å². The van der Waals surface area contributed by atoms with E-state index in [1.54, 1.807) is 0 Å². The fourth-order valence-corrected chi connectivity index (χ4v) is 3.87. The molecule has 5 heteroatoms. The van der Waals surface area contributed by atoms with Crippen LogP contribution in [0.15, 0.2) is 30.3 Å². The topological polar surface area (TPSA) is 81.1 Å². The van der Waals surface area contributed by atoms with Gasteiger partial charge in [-0.2, -0.15) is 4.98 Å². The first-order chi connectivity index (χ1) is 11.3. The molecule has 2 heterocycles. The number of anilines is 2. The molecular formula is C18H23N5. The number of benzene rings is 1. The van der Waals surface area contributed by atoms with Crippen molar-refractivity contribution in [3.05, 3.63) is 47.2 Å². The van der Waals surface area contributed by atoms with Crippen LogP contribution in [0, 0.1) is 0 Å². The molecule has 5 nitrogen and oxygen atoms in total. The van der Waals surface area contributed by atoms with Crippen molar-refractivity contribution in [2.45, 2.75) is 37.6 Å². The summed E-state index contributed by atoms with van der Waals surface area (Å²) in [5, 5.41) is 0.